The van der Waals surface area contributed by atoms with Crippen molar-refractivity contribution >= 4 is 23.0 Å². The highest BCUT2D eigenvalue weighted by molar-refractivity contribution is 7.80. The van der Waals surface area contributed by atoms with E-state index in [9.17, 15) is 13.2 Å². The monoisotopic (exact) mass is 286 g/mol. The minimum atomic E-state index is -4.48. The number of anilines is 1. The first-order valence-corrected chi connectivity index (χ1v) is 5.57. The fourth-order valence-electron chi connectivity index (χ4n) is 1.52. The molecule has 0 atom stereocenters. The molecule has 19 heavy (non-hydrogen) atoms. The minimum Gasteiger partial charge on any atom is -0.376 e. The lowest BCUT2D eigenvalue weighted by molar-refractivity contribution is -0.141. The predicted molar refractivity (Wildman–Crippen MR) is 69.0 cm³/mol. The third kappa shape index (κ3) is 3.02. The van der Waals surface area contributed by atoms with Crippen molar-refractivity contribution < 1.29 is 13.2 Å². The second-order valence-corrected chi connectivity index (χ2v) is 4.09. The van der Waals surface area contributed by atoms with Crippen LogP contribution >= 0.6 is 12.2 Å². The molecule has 0 spiro atoms. The Morgan fingerprint density at radius 2 is 1.95 bits per heavy atom. The number of nitrogens with one attached hydrogen (secondary N) is 1. The summed E-state index contributed by atoms with van der Waals surface area (Å²) in [6.45, 7) is 0. The van der Waals surface area contributed by atoms with Crippen molar-refractivity contribution in [2.45, 2.75) is 6.18 Å². The van der Waals surface area contributed by atoms with E-state index in [2.05, 4.69) is 10.4 Å². The maximum absolute atomic E-state index is 12.5. The van der Waals surface area contributed by atoms with Crippen molar-refractivity contribution in [1.82, 2.24) is 9.78 Å². The fourth-order valence-corrected chi connectivity index (χ4v) is 1.63. The highest BCUT2D eigenvalue weighted by Crippen LogP contribution is 2.28. The molecule has 0 fully saturated rings. The van der Waals surface area contributed by atoms with Crippen LogP contribution in [0.2, 0.25) is 0 Å². The molecule has 0 unspecified atom stereocenters. The Kier molecular flexibility index (Phi) is 3.43. The third-order valence-corrected chi connectivity index (χ3v) is 2.39. The number of halogens is 3. The van der Waals surface area contributed by atoms with Crippen LogP contribution in [0.3, 0.4) is 0 Å². The number of benzene rings is 1. The summed E-state index contributed by atoms with van der Waals surface area (Å²) in [4.78, 5) is 0. The van der Waals surface area contributed by atoms with Crippen molar-refractivity contribution in [1.29, 1.82) is 0 Å². The Labute approximate surface area is 112 Å². The lowest BCUT2D eigenvalue weighted by Crippen LogP contribution is -2.20. The molecule has 0 aliphatic carbocycles. The Bertz CT molecular complexity index is 606. The Morgan fingerprint density at radius 3 is 2.53 bits per heavy atom. The number of hydrogen-bond donors (Lipinski definition) is 2. The second-order valence-electron chi connectivity index (χ2n) is 3.65. The van der Waals surface area contributed by atoms with Crippen LogP contribution in [0.25, 0.3) is 5.69 Å². The van der Waals surface area contributed by atoms with Crippen LogP contribution in [0, 0.1) is 0 Å². The molecular weight excluding hydrogens is 277 g/mol. The number of nitrogens with two attached hydrogens (primary N) is 1. The molecule has 1 aromatic carbocycles. The van der Waals surface area contributed by atoms with Crippen LogP contribution in [0.4, 0.5) is 18.9 Å². The van der Waals surface area contributed by atoms with Gasteiger partial charge in [0.05, 0.1) is 11.4 Å². The van der Waals surface area contributed by atoms with Gasteiger partial charge in [-0.3, -0.25) is 0 Å². The van der Waals surface area contributed by atoms with Crippen LogP contribution < -0.4 is 11.1 Å². The Balaban J connectivity index is 2.42. The van der Waals surface area contributed by atoms with Crippen molar-refractivity contribution in [3.05, 3.63) is 42.2 Å². The van der Waals surface area contributed by atoms with Gasteiger partial charge in [0.25, 0.3) is 0 Å². The highest BCUT2D eigenvalue weighted by atomic mass is 32.1. The van der Waals surface area contributed by atoms with Gasteiger partial charge in [-0.2, -0.15) is 18.3 Å². The van der Waals surface area contributed by atoms with E-state index in [4.69, 9.17) is 18.0 Å². The van der Waals surface area contributed by atoms with Gasteiger partial charge in [-0.25, -0.2) is 4.68 Å². The predicted octanol–water partition coefficient (Wildman–Crippen LogP) is 2.55. The van der Waals surface area contributed by atoms with E-state index in [1.165, 1.54) is 6.20 Å². The van der Waals surface area contributed by atoms with Crippen LogP contribution in [0.1, 0.15) is 5.69 Å². The molecule has 0 radical (unpaired) electrons. The molecule has 8 heteroatoms. The summed E-state index contributed by atoms with van der Waals surface area (Å²) in [5.74, 6) is 0. The molecule has 0 saturated carbocycles. The molecule has 0 amide bonds. The van der Waals surface area contributed by atoms with Gasteiger partial charge in [-0.15, -0.1) is 0 Å². The smallest absolute Gasteiger partial charge is 0.376 e. The molecule has 0 aliphatic heterocycles. The van der Waals surface area contributed by atoms with Crippen molar-refractivity contribution in [3.8, 4) is 5.69 Å². The number of para-hydroxylation sites is 2. The summed E-state index contributed by atoms with van der Waals surface area (Å²) in [6, 6.07) is 7.53. The Morgan fingerprint density at radius 1 is 1.26 bits per heavy atom. The fraction of sp³-hybridized carbons (Fsp3) is 0.0909. The SMILES string of the molecule is NC(=S)Nc1ccccc1-n1ccc(C(F)(F)F)n1. The normalized spacial score (nSPS) is 11.3. The second kappa shape index (κ2) is 4.88. The molecule has 3 N–H and O–H groups in total. The number of hydrogen-bond acceptors (Lipinski definition) is 2. The molecule has 1 aromatic heterocycles. The zero-order valence-corrected chi connectivity index (χ0v) is 10.3. The highest BCUT2D eigenvalue weighted by Gasteiger charge is 2.33. The van der Waals surface area contributed by atoms with E-state index in [0.29, 0.717) is 11.4 Å². The average molecular weight is 286 g/mol. The van der Waals surface area contributed by atoms with Gasteiger partial charge in [0.15, 0.2) is 10.8 Å². The molecule has 1 heterocycles. The van der Waals surface area contributed by atoms with Crippen LogP contribution in [0.5, 0.6) is 0 Å². The molecule has 2 rings (SSSR count). The number of alkyl halides is 3. The first-order valence-electron chi connectivity index (χ1n) is 5.16. The number of rotatable bonds is 2. The van der Waals surface area contributed by atoms with Crippen LogP contribution in [0.15, 0.2) is 36.5 Å². The van der Waals surface area contributed by atoms with E-state index in [-0.39, 0.29) is 5.11 Å². The lowest BCUT2D eigenvalue weighted by atomic mass is 10.2. The van der Waals surface area contributed by atoms with E-state index in [1.807, 2.05) is 0 Å². The Hall–Kier alpha value is -2.09. The third-order valence-electron chi connectivity index (χ3n) is 2.29. The van der Waals surface area contributed by atoms with Gasteiger partial charge >= 0.3 is 6.18 Å². The summed E-state index contributed by atoms with van der Waals surface area (Å²) in [5.41, 5.74) is 5.30. The van der Waals surface area contributed by atoms with E-state index in [1.54, 1.807) is 24.3 Å². The van der Waals surface area contributed by atoms with Crippen LogP contribution in [-0.4, -0.2) is 14.9 Å². The van der Waals surface area contributed by atoms with Gasteiger partial charge in [-0.1, -0.05) is 12.1 Å². The van der Waals surface area contributed by atoms with Gasteiger partial charge < -0.3 is 11.1 Å². The summed E-state index contributed by atoms with van der Waals surface area (Å²) in [7, 11) is 0. The van der Waals surface area contributed by atoms with Crippen molar-refractivity contribution in [3.63, 3.8) is 0 Å². The van der Waals surface area contributed by atoms with Gasteiger partial charge in [0.1, 0.15) is 0 Å². The first kappa shape index (κ1) is 13.3. The van der Waals surface area contributed by atoms with Crippen LogP contribution in [-0.2, 0) is 6.18 Å². The number of aromatic nitrogens is 2. The summed E-state index contributed by atoms with van der Waals surface area (Å²) < 4.78 is 38.6. The number of thiocarbonyl (C=S) groups is 1. The lowest BCUT2D eigenvalue weighted by Gasteiger charge is -2.10. The largest absolute Gasteiger partial charge is 0.435 e. The molecule has 2 aromatic rings. The van der Waals surface area contributed by atoms with Gasteiger partial charge in [0.2, 0.25) is 0 Å². The maximum Gasteiger partial charge on any atom is 0.435 e. The standard InChI is InChI=1S/C11H9F3N4S/c12-11(13,14)9-5-6-18(17-9)8-4-2-1-3-7(8)16-10(15)19/h1-6H,(H3,15,16,19). The molecule has 0 saturated heterocycles. The topological polar surface area (TPSA) is 55.9 Å². The molecule has 0 bridgehead atoms. The summed E-state index contributed by atoms with van der Waals surface area (Å²) in [5, 5.41) is 6.20. The van der Waals surface area contributed by atoms with E-state index in [0.717, 1.165) is 10.7 Å². The molecule has 0 aliphatic rings. The zero-order valence-electron chi connectivity index (χ0n) is 9.48. The first-order chi connectivity index (χ1) is 8.88. The zero-order chi connectivity index (χ0) is 14.0. The van der Waals surface area contributed by atoms with Gasteiger partial charge in [0, 0.05) is 6.20 Å². The maximum atomic E-state index is 12.5. The number of nitrogens with zero attached hydrogens (tertiary/aromatic N) is 2. The molecular formula is C11H9F3N4S. The summed E-state index contributed by atoms with van der Waals surface area (Å²) >= 11 is 4.71. The van der Waals surface area contributed by atoms with Gasteiger partial charge in [-0.05, 0) is 30.4 Å². The summed E-state index contributed by atoms with van der Waals surface area (Å²) in [6.07, 6.45) is -3.25. The average Bonchev–Trinajstić information content (AvgIpc) is 2.77. The minimum absolute atomic E-state index is 0.0238. The van der Waals surface area contributed by atoms with E-state index >= 15 is 0 Å². The molecule has 4 nitrogen and oxygen atoms in total. The quantitative estimate of drug-likeness (QED) is 0.833. The van der Waals surface area contributed by atoms with E-state index < -0.39 is 11.9 Å². The van der Waals surface area contributed by atoms with Crippen molar-refractivity contribution in [2.24, 2.45) is 5.73 Å². The van der Waals surface area contributed by atoms with Crippen molar-refractivity contribution in [2.75, 3.05) is 5.32 Å². The molecule has 100 valence electrons.